The molecule has 2 rings (SSSR count). The molecule has 1 aromatic carbocycles. The van der Waals surface area contributed by atoms with E-state index in [9.17, 15) is 4.79 Å². The third-order valence-electron chi connectivity index (χ3n) is 3.20. The molecule has 3 nitrogen and oxygen atoms in total. The summed E-state index contributed by atoms with van der Waals surface area (Å²) >= 11 is 0. The summed E-state index contributed by atoms with van der Waals surface area (Å²) in [6, 6.07) is 15.9. The second kappa shape index (κ2) is 6.85. The van der Waals surface area contributed by atoms with Crippen molar-refractivity contribution < 1.29 is 4.79 Å². The standard InChI is InChI=1S/C17H20N2O/c1-14(2)19(13-15-8-4-3-5-9-15)17(20)12-16-10-6-7-11-18-16/h3-11,14H,12-13H2,1-2H3. The van der Waals surface area contributed by atoms with Gasteiger partial charge in [0.15, 0.2) is 0 Å². The van der Waals surface area contributed by atoms with Gasteiger partial charge in [0.1, 0.15) is 0 Å². The molecule has 0 saturated heterocycles. The van der Waals surface area contributed by atoms with E-state index in [1.807, 2.05) is 67.3 Å². The van der Waals surface area contributed by atoms with Crippen molar-refractivity contribution in [2.45, 2.75) is 32.9 Å². The summed E-state index contributed by atoms with van der Waals surface area (Å²) in [5, 5.41) is 0. The lowest BCUT2D eigenvalue weighted by Gasteiger charge is -2.27. The minimum absolute atomic E-state index is 0.113. The van der Waals surface area contributed by atoms with E-state index in [1.54, 1.807) is 6.20 Å². The van der Waals surface area contributed by atoms with Gasteiger partial charge in [0.25, 0.3) is 0 Å². The molecule has 1 heterocycles. The average Bonchev–Trinajstić information content (AvgIpc) is 2.46. The molecule has 0 aliphatic heterocycles. The van der Waals surface area contributed by atoms with Crippen molar-refractivity contribution >= 4 is 5.91 Å². The van der Waals surface area contributed by atoms with E-state index in [0.717, 1.165) is 11.3 Å². The molecule has 0 fully saturated rings. The molecule has 1 amide bonds. The van der Waals surface area contributed by atoms with Crippen molar-refractivity contribution in [2.75, 3.05) is 0 Å². The summed E-state index contributed by atoms with van der Waals surface area (Å²) in [6.07, 6.45) is 2.07. The number of hydrogen-bond acceptors (Lipinski definition) is 2. The largest absolute Gasteiger partial charge is 0.336 e. The van der Waals surface area contributed by atoms with E-state index in [1.165, 1.54) is 0 Å². The lowest BCUT2D eigenvalue weighted by Crippen LogP contribution is -2.37. The van der Waals surface area contributed by atoms with E-state index in [0.29, 0.717) is 13.0 Å². The van der Waals surface area contributed by atoms with Gasteiger partial charge in [-0.2, -0.15) is 0 Å². The molecule has 0 saturated carbocycles. The molecular weight excluding hydrogens is 248 g/mol. The quantitative estimate of drug-likeness (QED) is 0.835. The minimum atomic E-state index is 0.113. The van der Waals surface area contributed by atoms with E-state index in [2.05, 4.69) is 4.98 Å². The Bertz CT molecular complexity index is 537. The molecule has 20 heavy (non-hydrogen) atoms. The van der Waals surface area contributed by atoms with Crippen molar-refractivity contribution in [1.82, 2.24) is 9.88 Å². The van der Waals surface area contributed by atoms with Crippen LogP contribution in [0.5, 0.6) is 0 Å². The van der Waals surface area contributed by atoms with Gasteiger partial charge >= 0.3 is 0 Å². The molecule has 1 aromatic heterocycles. The van der Waals surface area contributed by atoms with Gasteiger partial charge in [-0.3, -0.25) is 9.78 Å². The maximum atomic E-state index is 12.4. The summed E-state index contributed by atoms with van der Waals surface area (Å²) in [7, 11) is 0. The number of nitrogens with zero attached hydrogens (tertiary/aromatic N) is 2. The number of rotatable bonds is 5. The Labute approximate surface area is 120 Å². The van der Waals surface area contributed by atoms with Gasteiger partial charge in [-0.05, 0) is 31.5 Å². The second-order valence-corrected chi connectivity index (χ2v) is 5.10. The number of benzene rings is 1. The molecule has 2 aromatic rings. The summed E-state index contributed by atoms with van der Waals surface area (Å²) in [6.45, 7) is 4.72. The molecule has 0 bridgehead atoms. The molecule has 0 N–H and O–H groups in total. The Morgan fingerprint density at radius 3 is 2.40 bits per heavy atom. The first-order chi connectivity index (χ1) is 9.66. The highest BCUT2D eigenvalue weighted by Crippen LogP contribution is 2.10. The monoisotopic (exact) mass is 268 g/mol. The number of carbonyl (C=O) groups excluding carboxylic acids is 1. The number of hydrogen-bond donors (Lipinski definition) is 0. The van der Waals surface area contributed by atoms with Crippen molar-refractivity contribution in [3.8, 4) is 0 Å². The Balaban J connectivity index is 2.07. The first-order valence-electron chi connectivity index (χ1n) is 6.90. The molecule has 0 spiro atoms. The number of amides is 1. The highest BCUT2D eigenvalue weighted by atomic mass is 16.2. The maximum Gasteiger partial charge on any atom is 0.229 e. The van der Waals surface area contributed by atoms with Crippen LogP contribution in [0.2, 0.25) is 0 Å². The molecule has 0 aliphatic rings. The van der Waals surface area contributed by atoms with E-state index >= 15 is 0 Å². The summed E-state index contributed by atoms with van der Waals surface area (Å²) in [5.41, 5.74) is 1.96. The molecule has 0 aliphatic carbocycles. The average molecular weight is 268 g/mol. The van der Waals surface area contributed by atoms with Crippen LogP contribution in [0.1, 0.15) is 25.1 Å². The first kappa shape index (κ1) is 14.3. The predicted molar refractivity (Wildman–Crippen MR) is 80.1 cm³/mol. The van der Waals surface area contributed by atoms with Crippen molar-refractivity contribution in [3.05, 3.63) is 66.0 Å². The third-order valence-corrected chi connectivity index (χ3v) is 3.20. The molecular formula is C17H20N2O. The molecule has 104 valence electrons. The van der Waals surface area contributed by atoms with Crippen LogP contribution in [0.25, 0.3) is 0 Å². The van der Waals surface area contributed by atoms with Gasteiger partial charge in [-0.1, -0.05) is 36.4 Å². The van der Waals surface area contributed by atoms with Gasteiger partial charge in [0.05, 0.1) is 6.42 Å². The lowest BCUT2D eigenvalue weighted by atomic mass is 10.1. The highest BCUT2D eigenvalue weighted by molar-refractivity contribution is 5.78. The smallest absolute Gasteiger partial charge is 0.229 e. The fourth-order valence-corrected chi connectivity index (χ4v) is 2.10. The van der Waals surface area contributed by atoms with Crippen molar-refractivity contribution in [1.29, 1.82) is 0 Å². The van der Waals surface area contributed by atoms with Crippen LogP contribution in [0.4, 0.5) is 0 Å². The van der Waals surface area contributed by atoms with Crippen LogP contribution in [0.15, 0.2) is 54.7 Å². The van der Waals surface area contributed by atoms with Crippen LogP contribution >= 0.6 is 0 Å². The summed E-state index contributed by atoms with van der Waals surface area (Å²) in [4.78, 5) is 18.6. The highest BCUT2D eigenvalue weighted by Gasteiger charge is 2.17. The Kier molecular flexibility index (Phi) is 4.88. The normalized spacial score (nSPS) is 10.6. The molecule has 0 atom stereocenters. The molecule has 3 heteroatoms. The topological polar surface area (TPSA) is 33.2 Å². The zero-order valence-electron chi connectivity index (χ0n) is 12.0. The second-order valence-electron chi connectivity index (χ2n) is 5.10. The van der Waals surface area contributed by atoms with Crippen molar-refractivity contribution in [3.63, 3.8) is 0 Å². The Hall–Kier alpha value is -2.16. The lowest BCUT2D eigenvalue weighted by molar-refractivity contribution is -0.132. The summed E-state index contributed by atoms with van der Waals surface area (Å²) in [5.74, 6) is 0.113. The molecule has 0 unspecified atom stereocenters. The fraction of sp³-hybridized carbons (Fsp3) is 0.294. The summed E-state index contributed by atoms with van der Waals surface area (Å²) < 4.78 is 0. The van der Waals surface area contributed by atoms with Crippen LogP contribution in [-0.2, 0) is 17.8 Å². The Morgan fingerprint density at radius 1 is 1.10 bits per heavy atom. The van der Waals surface area contributed by atoms with Gasteiger partial charge in [0, 0.05) is 24.5 Å². The predicted octanol–water partition coefficient (Wildman–Crippen LogP) is 3.06. The van der Waals surface area contributed by atoms with Crippen LogP contribution in [0, 0.1) is 0 Å². The van der Waals surface area contributed by atoms with E-state index < -0.39 is 0 Å². The maximum absolute atomic E-state index is 12.4. The van der Waals surface area contributed by atoms with Gasteiger partial charge in [-0.15, -0.1) is 0 Å². The van der Waals surface area contributed by atoms with Gasteiger partial charge in [-0.25, -0.2) is 0 Å². The van der Waals surface area contributed by atoms with E-state index in [-0.39, 0.29) is 11.9 Å². The van der Waals surface area contributed by atoms with Crippen LogP contribution < -0.4 is 0 Å². The number of aromatic nitrogens is 1. The first-order valence-corrected chi connectivity index (χ1v) is 6.90. The Morgan fingerprint density at radius 2 is 1.80 bits per heavy atom. The van der Waals surface area contributed by atoms with Gasteiger partial charge < -0.3 is 4.90 Å². The van der Waals surface area contributed by atoms with Crippen LogP contribution in [-0.4, -0.2) is 21.8 Å². The minimum Gasteiger partial charge on any atom is -0.336 e. The van der Waals surface area contributed by atoms with Gasteiger partial charge in [0.2, 0.25) is 5.91 Å². The SMILES string of the molecule is CC(C)N(Cc1ccccc1)C(=O)Cc1ccccn1. The van der Waals surface area contributed by atoms with Crippen molar-refractivity contribution in [2.24, 2.45) is 0 Å². The zero-order valence-corrected chi connectivity index (χ0v) is 12.0. The number of carbonyl (C=O) groups is 1. The fourth-order valence-electron chi connectivity index (χ4n) is 2.10. The zero-order chi connectivity index (χ0) is 14.4. The molecule has 0 radical (unpaired) electrons. The van der Waals surface area contributed by atoms with E-state index in [4.69, 9.17) is 0 Å². The van der Waals surface area contributed by atoms with Crippen LogP contribution in [0.3, 0.4) is 0 Å². The third kappa shape index (κ3) is 3.92. The number of pyridine rings is 1.